The topological polar surface area (TPSA) is 78.6 Å². The molecule has 0 aromatic heterocycles. The maximum absolute atomic E-state index is 11.6. The lowest BCUT2D eigenvalue weighted by molar-refractivity contribution is 0.311. The Hall–Kier alpha value is -1.27. The van der Waals surface area contributed by atoms with Gasteiger partial charge in [-0.15, -0.1) is 0 Å². The minimum atomic E-state index is -3.02. The fraction of sp³-hybridized carbons (Fsp3) is 0.571. The molecule has 0 saturated carbocycles. The van der Waals surface area contributed by atoms with Crippen molar-refractivity contribution < 1.29 is 17.9 Å². The van der Waals surface area contributed by atoms with Crippen LogP contribution in [0.15, 0.2) is 18.2 Å². The van der Waals surface area contributed by atoms with E-state index in [0.717, 1.165) is 12.0 Å². The molecule has 2 N–H and O–H groups in total. The minimum Gasteiger partial charge on any atom is -0.493 e. The number of hydrogen-bond acceptors (Lipinski definition) is 5. The first-order chi connectivity index (χ1) is 9.52. The summed E-state index contributed by atoms with van der Waals surface area (Å²) in [6.45, 7) is 2.55. The molecule has 0 aliphatic heterocycles. The Morgan fingerprint density at radius 3 is 2.55 bits per heavy atom. The lowest BCUT2D eigenvalue weighted by Gasteiger charge is -2.12. The zero-order valence-electron chi connectivity index (χ0n) is 12.1. The summed E-state index contributed by atoms with van der Waals surface area (Å²) in [7, 11) is -1.46. The normalized spacial score (nSPS) is 11.3. The first kappa shape index (κ1) is 16.8. The summed E-state index contributed by atoms with van der Waals surface area (Å²) in [4.78, 5) is 0. The quantitative estimate of drug-likeness (QED) is 0.746. The highest BCUT2D eigenvalue weighted by atomic mass is 32.2. The van der Waals surface area contributed by atoms with Gasteiger partial charge in [0.1, 0.15) is 6.61 Å². The number of hydrogen-bond donors (Lipinski definition) is 1. The second-order valence-corrected chi connectivity index (χ2v) is 6.83. The number of ether oxygens (including phenoxy) is 2. The van der Waals surface area contributed by atoms with E-state index in [1.165, 1.54) is 0 Å². The Balaban J connectivity index is 2.64. The SMILES string of the molecule is CCCS(=O)(=O)CCOc1ccc(CCN)cc1OC. The molecule has 6 heteroatoms. The van der Waals surface area contributed by atoms with Crippen molar-refractivity contribution in [2.45, 2.75) is 19.8 Å². The largest absolute Gasteiger partial charge is 0.493 e. The van der Waals surface area contributed by atoms with Gasteiger partial charge in [0.05, 0.1) is 18.6 Å². The molecule has 0 amide bonds. The first-order valence-corrected chi connectivity index (χ1v) is 8.54. The van der Waals surface area contributed by atoms with Gasteiger partial charge in [-0.25, -0.2) is 8.42 Å². The molecule has 0 aliphatic carbocycles. The van der Waals surface area contributed by atoms with Gasteiger partial charge in [0.2, 0.25) is 0 Å². The molecule has 0 spiro atoms. The van der Waals surface area contributed by atoms with Crippen molar-refractivity contribution in [3.63, 3.8) is 0 Å². The number of rotatable bonds is 9. The third-order valence-electron chi connectivity index (χ3n) is 2.83. The Morgan fingerprint density at radius 2 is 1.95 bits per heavy atom. The van der Waals surface area contributed by atoms with Crippen LogP contribution in [0, 0.1) is 0 Å². The molecule has 0 fully saturated rings. The fourth-order valence-corrected chi connectivity index (χ4v) is 3.01. The number of methoxy groups -OCH3 is 1. The van der Waals surface area contributed by atoms with Crippen LogP contribution in [0.25, 0.3) is 0 Å². The smallest absolute Gasteiger partial charge is 0.161 e. The highest BCUT2D eigenvalue weighted by Gasteiger charge is 2.11. The maximum atomic E-state index is 11.6. The monoisotopic (exact) mass is 301 g/mol. The van der Waals surface area contributed by atoms with Crippen molar-refractivity contribution in [1.29, 1.82) is 0 Å². The number of benzene rings is 1. The zero-order valence-corrected chi connectivity index (χ0v) is 12.9. The molecule has 0 heterocycles. The predicted molar refractivity (Wildman–Crippen MR) is 80.2 cm³/mol. The first-order valence-electron chi connectivity index (χ1n) is 6.72. The molecule has 0 radical (unpaired) electrons. The Bertz CT molecular complexity index is 514. The third-order valence-corrected chi connectivity index (χ3v) is 4.65. The summed E-state index contributed by atoms with van der Waals surface area (Å²) >= 11 is 0. The van der Waals surface area contributed by atoms with E-state index in [2.05, 4.69) is 0 Å². The van der Waals surface area contributed by atoms with Crippen LogP contribution in [0.5, 0.6) is 11.5 Å². The fourth-order valence-electron chi connectivity index (χ4n) is 1.85. The van der Waals surface area contributed by atoms with Gasteiger partial charge >= 0.3 is 0 Å². The standard InChI is InChI=1S/C14H23NO4S/c1-3-9-20(16,17)10-8-19-13-5-4-12(6-7-15)11-14(13)18-2/h4-5,11H,3,6-10,15H2,1-2H3. The van der Waals surface area contributed by atoms with Crippen LogP contribution in [0.4, 0.5) is 0 Å². The van der Waals surface area contributed by atoms with Crippen molar-refractivity contribution in [3.05, 3.63) is 23.8 Å². The summed E-state index contributed by atoms with van der Waals surface area (Å²) in [5.74, 6) is 1.38. The summed E-state index contributed by atoms with van der Waals surface area (Å²) in [5.41, 5.74) is 6.57. The van der Waals surface area contributed by atoms with Crippen molar-refractivity contribution >= 4 is 9.84 Å². The van der Waals surface area contributed by atoms with Crippen LogP contribution in [0.3, 0.4) is 0 Å². The van der Waals surface area contributed by atoms with Gasteiger partial charge in [0, 0.05) is 0 Å². The summed E-state index contributed by atoms with van der Waals surface area (Å²) in [6, 6.07) is 5.56. The van der Waals surface area contributed by atoms with Crippen molar-refractivity contribution in [1.82, 2.24) is 0 Å². The molecule has 0 aliphatic rings. The van der Waals surface area contributed by atoms with E-state index in [0.29, 0.717) is 24.5 Å². The van der Waals surface area contributed by atoms with E-state index >= 15 is 0 Å². The molecule has 5 nitrogen and oxygen atoms in total. The average Bonchev–Trinajstić information content (AvgIpc) is 2.40. The highest BCUT2D eigenvalue weighted by Crippen LogP contribution is 2.28. The Morgan fingerprint density at radius 1 is 1.20 bits per heavy atom. The Labute approximate surface area is 121 Å². The van der Waals surface area contributed by atoms with Crippen LogP contribution in [-0.2, 0) is 16.3 Å². The molecule has 0 atom stereocenters. The van der Waals surface area contributed by atoms with E-state index in [4.69, 9.17) is 15.2 Å². The van der Waals surface area contributed by atoms with Gasteiger partial charge in [-0.3, -0.25) is 0 Å². The summed E-state index contributed by atoms with van der Waals surface area (Å²) < 4.78 is 33.9. The second-order valence-electron chi connectivity index (χ2n) is 4.52. The number of sulfone groups is 1. The van der Waals surface area contributed by atoms with Crippen LogP contribution in [-0.4, -0.2) is 40.2 Å². The Kier molecular flexibility index (Phi) is 6.81. The molecule has 1 aromatic carbocycles. The molecule has 1 aromatic rings. The lowest BCUT2D eigenvalue weighted by Crippen LogP contribution is -2.17. The van der Waals surface area contributed by atoms with Crippen LogP contribution in [0.1, 0.15) is 18.9 Å². The summed E-state index contributed by atoms with van der Waals surface area (Å²) in [5, 5.41) is 0. The van der Waals surface area contributed by atoms with E-state index in [1.807, 2.05) is 19.1 Å². The van der Waals surface area contributed by atoms with Gasteiger partial charge in [-0.2, -0.15) is 0 Å². The van der Waals surface area contributed by atoms with E-state index in [9.17, 15) is 8.42 Å². The second kappa shape index (κ2) is 8.11. The molecule has 0 saturated heterocycles. The van der Waals surface area contributed by atoms with Gasteiger partial charge in [0.25, 0.3) is 0 Å². The summed E-state index contributed by atoms with van der Waals surface area (Å²) in [6.07, 6.45) is 1.39. The molecule has 0 unspecified atom stereocenters. The van der Waals surface area contributed by atoms with Crippen molar-refractivity contribution in [2.24, 2.45) is 5.73 Å². The van der Waals surface area contributed by atoms with E-state index in [-0.39, 0.29) is 18.1 Å². The van der Waals surface area contributed by atoms with Crippen LogP contribution >= 0.6 is 0 Å². The van der Waals surface area contributed by atoms with Crippen molar-refractivity contribution in [3.8, 4) is 11.5 Å². The predicted octanol–water partition coefficient (Wildman–Crippen LogP) is 1.40. The molecule has 20 heavy (non-hydrogen) atoms. The van der Waals surface area contributed by atoms with Gasteiger partial charge in [-0.05, 0) is 37.1 Å². The molecular formula is C14H23NO4S. The van der Waals surface area contributed by atoms with Crippen molar-refractivity contribution in [2.75, 3.05) is 31.8 Å². The average molecular weight is 301 g/mol. The van der Waals surface area contributed by atoms with Gasteiger partial charge < -0.3 is 15.2 Å². The maximum Gasteiger partial charge on any atom is 0.161 e. The minimum absolute atomic E-state index is 0.0224. The molecule has 1 rings (SSSR count). The molecule has 0 bridgehead atoms. The van der Waals surface area contributed by atoms with Gasteiger partial charge in [-0.1, -0.05) is 13.0 Å². The highest BCUT2D eigenvalue weighted by molar-refractivity contribution is 7.91. The lowest BCUT2D eigenvalue weighted by atomic mass is 10.1. The zero-order chi connectivity index (χ0) is 15.0. The number of nitrogens with two attached hydrogens (primary N) is 1. The molecule has 114 valence electrons. The van der Waals surface area contributed by atoms with E-state index in [1.54, 1.807) is 13.2 Å². The van der Waals surface area contributed by atoms with Crippen LogP contribution in [0.2, 0.25) is 0 Å². The van der Waals surface area contributed by atoms with Gasteiger partial charge in [0.15, 0.2) is 21.3 Å². The third kappa shape index (κ3) is 5.38. The van der Waals surface area contributed by atoms with Crippen LogP contribution < -0.4 is 15.2 Å². The molecular weight excluding hydrogens is 278 g/mol. The van der Waals surface area contributed by atoms with E-state index < -0.39 is 9.84 Å².